The maximum atomic E-state index is 4.58. The van der Waals surface area contributed by atoms with Crippen molar-refractivity contribution in [1.29, 1.82) is 0 Å². The highest BCUT2D eigenvalue weighted by molar-refractivity contribution is 5.56. The van der Waals surface area contributed by atoms with Crippen LogP contribution in [0.25, 0.3) is 11.3 Å². The van der Waals surface area contributed by atoms with E-state index in [4.69, 9.17) is 0 Å². The van der Waals surface area contributed by atoms with Gasteiger partial charge in [0.15, 0.2) is 0 Å². The number of aryl methyl sites for hydroxylation is 1. The fraction of sp³-hybridized carbons (Fsp3) is 0.125. The maximum Gasteiger partial charge on any atom is 0.0938 e. The van der Waals surface area contributed by atoms with Crippen LogP contribution in [-0.4, -0.2) is 14.8 Å². The SMILES string of the molecule is Cc1cccc(Cn2ccc(-c3cccnc3)n2)c1. The van der Waals surface area contributed by atoms with Crippen LogP contribution < -0.4 is 0 Å². The van der Waals surface area contributed by atoms with E-state index in [1.54, 1.807) is 6.20 Å². The molecule has 3 aromatic rings. The first kappa shape index (κ1) is 11.7. The first-order valence-electron chi connectivity index (χ1n) is 6.31. The van der Waals surface area contributed by atoms with E-state index in [0.29, 0.717) is 0 Å². The molecule has 19 heavy (non-hydrogen) atoms. The van der Waals surface area contributed by atoms with Crippen molar-refractivity contribution in [2.45, 2.75) is 13.5 Å². The summed E-state index contributed by atoms with van der Waals surface area (Å²) < 4.78 is 1.96. The van der Waals surface area contributed by atoms with Crippen molar-refractivity contribution in [1.82, 2.24) is 14.8 Å². The van der Waals surface area contributed by atoms with Gasteiger partial charge in [-0.3, -0.25) is 9.67 Å². The van der Waals surface area contributed by atoms with E-state index in [9.17, 15) is 0 Å². The van der Waals surface area contributed by atoms with Crippen molar-refractivity contribution in [2.75, 3.05) is 0 Å². The zero-order valence-electron chi connectivity index (χ0n) is 10.8. The molecule has 0 saturated carbocycles. The largest absolute Gasteiger partial charge is 0.268 e. The van der Waals surface area contributed by atoms with Crippen molar-refractivity contribution in [3.05, 3.63) is 72.2 Å². The van der Waals surface area contributed by atoms with Gasteiger partial charge < -0.3 is 0 Å². The van der Waals surface area contributed by atoms with E-state index < -0.39 is 0 Å². The third kappa shape index (κ3) is 2.71. The van der Waals surface area contributed by atoms with Gasteiger partial charge in [0.2, 0.25) is 0 Å². The molecule has 0 amide bonds. The number of aromatic nitrogens is 3. The molecule has 3 rings (SSSR count). The molecule has 3 nitrogen and oxygen atoms in total. The van der Waals surface area contributed by atoms with E-state index in [2.05, 4.69) is 41.3 Å². The van der Waals surface area contributed by atoms with Crippen molar-refractivity contribution in [3.63, 3.8) is 0 Å². The minimum atomic E-state index is 0.794. The first-order chi connectivity index (χ1) is 9.31. The molecule has 0 saturated heterocycles. The second-order valence-electron chi connectivity index (χ2n) is 4.63. The summed E-state index contributed by atoms with van der Waals surface area (Å²) in [5.74, 6) is 0. The number of hydrogen-bond donors (Lipinski definition) is 0. The van der Waals surface area contributed by atoms with Gasteiger partial charge in [-0.25, -0.2) is 0 Å². The highest BCUT2D eigenvalue weighted by Crippen LogP contribution is 2.15. The van der Waals surface area contributed by atoms with Gasteiger partial charge >= 0.3 is 0 Å². The molecule has 0 atom stereocenters. The second-order valence-corrected chi connectivity index (χ2v) is 4.63. The van der Waals surface area contributed by atoms with Crippen LogP contribution in [-0.2, 0) is 6.54 Å². The number of rotatable bonds is 3. The molecule has 3 heteroatoms. The summed E-state index contributed by atoms with van der Waals surface area (Å²) in [7, 11) is 0. The monoisotopic (exact) mass is 249 g/mol. The Morgan fingerprint density at radius 2 is 2.05 bits per heavy atom. The van der Waals surface area contributed by atoms with Gasteiger partial charge in [0.25, 0.3) is 0 Å². The first-order valence-corrected chi connectivity index (χ1v) is 6.31. The molecule has 94 valence electrons. The lowest BCUT2D eigenvalue weighted by Crippen LogP contribution is -2.00. The molecule has 2 heterocycles. The van der Waals surface area contributed by atoms with Gasteiger partial charge in [0, 0.05) is 24.2 Å². The molecule has 0 aliphatic carbocycles. The molecule has 0 aliphatic heterocycles. The van der Waals surface area contributed by atoms with Crippen LogP contribution in [0.2, 0.25) is 0 Å². The van der Waals surface area contributed by atoms with Crippen LogP contribution in [0, 0.1) is 6.92 Å². The zero-order chi connectivity index (χ0) is 13.1. The summed E-state index contributed by atoms with van der Waals surface area (Å²) in [5, 5.41) is 4.58. The third-order valence-electron chi connectivity index (χ3n) is 3.03. The molecular formula is C16H15N3. The fourth-order valence-electron chi connectivity index (χ4n) is 2.12. The maximum absolute atomic E-state index is 4.58. The number of nitrogens with zero attached hydrogens (tertiary/aromatic N) is 3. The molecule has 0 fully saturated rings. The molecule has 0 spiro atoms. The van der Waals surface area contributed by atoms with Crippen LogP contribution in [0.4, 0.5) is 0 Å². The Labute approximate surface area is 112 Å². The summed E-state index contributed by atoms with van der Waals surface area (Å²) in [6.07, 6.45) is 5.61. The van der Waals surface area contributed by atoms with Crippen molar-refractivity contribution in [3.8, 4) is 11.3 Å². The third-order valence-corrected chi connectivity index (χ3v) is 3.03. The van der Waals surface area contributed by atoms with Crippen LogP contribution in [0.1, 0.15) is 11.1 Å². The van der Waals surface area contributed by atoms with E-state index in [1.165, 1.54) is 11.1 Å². The molecular weight excluding hydrogens is 234 g/mol. The highest BCUT2D eigenvalue weighted by Gasteiger charge is 2.02. The minimum absolute atomic E-state index is 0.794. The predicted octanol–water partition coefficient (Wildman–Crippen LogP) is 3.30. The average Bonchev–Trinajstić information content (AvgIpc) is 2.88. The van der Waals surface area contributed by atoms with Gasteiger partial charge in [0.05, 0.1) is 12.2 Å². The lowest BCUT2D eigenvalue weighted by Gasteiger charge is -2.03. The van der Waals surface area contributed by atoms with Crippen LogP contribution in [0.3, 0.4) is 0 Å². The lowest BCUT2D eigenvalue weighted by atomic mass is 10.1. The van der Waals surface area contributed by atoms with Crippen molar-refractivity contribution >= 4 is 0 Å². The quantitative estimate of drug-likeness (QED) is 0.713. The Kier molecular flexibility index (Phi) is 3.11. The van der Waals surface area contributed by atoms with Crippen LogP contribution >= 0.6 is 0 Å². The number of hydrogen-bond acceptors (Lipinski definition) is 2. The van der Waals surface area contributed by atoms with Crippen LogP contribution in [0.5, 0.6) is 0 Å². The summed E-state index contributed by atoms with van der Waals surface area (Å²) in [6.45, 7) is 2.90. The summed E-state index contributed by atoms with van der Waals surface area (Å²) >= 11 is 0. The molecule has 1 aromatic carbocycles. The van der Waals surface area contributed by atoms with Gasteiger partial charge in [-0.15, -0.1) is 0 Å². The predicted molar refractivity (Wildman–Crippen MR) is 75.7 cm³/mol. The van der Waals surface area contributed by atoms with E-state index >= 15 is 0 Å². The minimum Gasteiger partial charge on any atom is -0.268 e. The summed E-state index contributed by atoms with van der Waals surface area (Å²) in [4.78, 5) is 4.12. The van der Waals surface area contributed by atoms with Crippen LogP contribution in [0.15, 0.2) is 61.1 Å². The molecule has 0 bridgehead atoms. The lowest BCUT2D eigenvalue weighted by molar-refractivity contribution is 0.689. The van der Waals surface area contributed by atoms with Crippen molar-refractivity contribution in [2.24, 2.45) is 0 Å². The molecule has 2 aromatic heterocycles. The Balaban J connectivity index is 1.82. The van der Waals surface area contributed by atoms with E-state index in [1.807, 2.05) is 35.3 Å². The summed E-state index contributed by atoms with van der Waals surface area (Å²) in [6, 6.07) is 14.5. The fourth-order valence-corrected chi connectivity index (χ4v) is 2.12. The Hall–Kier alpha value is -2.42. The smallest absolute Gasteiger partial charge is 0.0938 e. The number of benzene rings is 1. The Morgan fingerprint density at radius 1 is 1.11 bits per heavy atom. The molecule has 0 N–H and O–H groups in total. The molecule has 0 radical (unpaired) electrons. The molecule has 0 aliphatic rings. The second kappa shape index (κ2) is 5.06. The van der Waals surface area contributed by atoms with E-state index in [0.717, 1.165) is 17.8 Å². The Morgan fingerprint density at radius 3 is 2.84 bits per heavy atom. The van der Waals surface area contributed by atoms with Gasteiger partial charge in [-0.2, -0.15) is 5.10 Å². The van der Waals surface area contributed by atoms with Crippen molar-refractivity contribution < 1.29 is 0 Å². The van der Waals surface area contributed by atoms with Gasteiger partial charge in [0.1, 0.15) is 0 Å². The van der Waals surface area contributed by atoms with Gasteiger partial charge in [-0.1, -0.05) is 29.8 Å². The standard InChI is InChI=1S/C16H15N3/c1-13-4-2-5-14(10-13)12-19-9-7-16(18-19)15-6-3-8-17-11-15/h2-11H,12H2,1H3. The summed E-state index contributed by atoms with van der Waals surface area (Å²) in [5.41, 5.74) is 4.55. The zero-order valence-corrected chi connectivity index (χ0v) is 10.8. The average molecular weight is 249 g/mol. The molecule has 0 unspecified atom stereocenters. The van der Waals surface area contributed by atoms with E-state index in [-0.39, 0.29) is 0 Å². The van der Waals surface area contributed by atoms with Gasteiger partial charge in [-0.05, 0) is 30.7 Å². The highest BCUT2D eigenvalue weighted by atomic mass is 15.3. The normalized spacial score (nSPS) is 10.6. The Bertz CT molecular complexity index is 671. The topological polar surface area (TPSA) is 30.7 Å². The number of pyridine rings is 1.